The summed E-state index contributed by atoms with van der Waals surface area (Å²) in [4.78, 5) is 11.3. The van der Waals surface area contributed by atoms with Gasteiger partial charge in [-0.2, -0.15) is 0 Å². The quantitative estimate of drug-likeness (QED) is 0.788. The van der Waals surface area contributed by atoms with E-state index >= 15 is 0 Å². The minimum Gasteiger partial charge on any atom is -0.369 e. The Labute approximate surface area is 121 Å². The number of amides is 1. The first kappa shape index (κ1) is 12.8. The normalized spacial score (nSPS) is 10.8. The highest BCUT2D eigenvalue weighted by atomic mass is 35.5. The van der Waals surface area contributed by atoms with Gasteiger partial charge in [-0.05, 0) is 18.2 Å². The predicted octanol–water partition coefficient (Wildman–Crippen LogP) is 3.31. The van der Waals surface area contributed by atoms with Crippen LogP contribution < -0.4 is 5.73 Å². The van der Waals surface area contributed by atoms with Gasteiger partial charge in [0, 0.05) is 16.6 Å². The van der Waals surface area contributed by atoms with Gasteiger partial charge in [-0.1, -0.05) is 48.0 Å². The van der Waals surface area contributed by atoms with Gasteiger partial charge >= 0.3 is 0 Å². The van der Waals surface area contributed by atoms with E-state index in [0.29, 0.717) is 5.15 Å². The first-order chi connectivity index (χ1) is 9.68. The Morgan fingerprint density at radius 2 is 1.70 bits per heavy atom. The zero-order valence-corrected chi connectivity index (χ0v) is 11.5. The molecule has 3 rings (SSSR count). The number of fused-ring (bicyclic) bond motifs is 1. The van der Waals surface area contributed by atoms with Crippen molar-refractivity contribution in [3.05, 3.63) is 65.3 Å². The van der Waals surface area contributed by atoms with Crippen LogP contribution in [0, 0.1) is 0 Å². The van der Waals surface area contributed by atoms with Crippen molar-refractivity contribution in [1.29, 1.82) is 0 Å². The SMILES string of the molecule is NC(=O)Cc1c(Cl)n(-c2ccccc2)c2ccccc12. The molecule has 2 aromatic carbocycles. The molecular weight excluding hydrogens is 272 g/mol. The van der Waals surface area contributed by atoms with E-state index in [2.05, 4.69) is 0 Å². The Morgan fingerprint density at radius 3 is 2.40 bits per heavy atom. The van der Waals surface area contributed by atoms with Crippen LogP contribution in [0.5, 0.6) is 0 Å². The van der Waals surface area contributed by atoms with E-state index in [4.69, 9.17) is 17.3 Å². The Morgan fingerprint density at radius 1 is 1.05 bits per heavy atom. The number of halogens is 1. The van der Waals surface area contributed by atoms with Crippen molar-refractivity contribution in [1.82, 2.24) is 4.57 Å². The van der Waals surface area contributed by atoms with Gasteiger partial charge in [0.2, 0.25) is 5.91 Å². The number of aromatic nitrogens is 1. The molecule has 0 saturated carbocycles. The molecule has 0 bridgehead atoms. The molecule has 0 aliphatic heterocycles. The number of benzene rings is 2. The highest BCUT2D eigenvalue weighted by Gasteiger charge is 2.17. The highest BCUT2D eigenvalue weighted by Crippen LogP contribution is 2.33. The summed E-state index contributed by atoms with van der Waals surface area (Å²) in [7, 11) is 0. The molecule has 3 nitrogen and oxygen atoms in total. The lowest BCUT2D eigenvalue weighted by atomic mass is 10.1. The average Bonchev–Trinajstić information content (AvgIpc) is 2.72. The van der Waals surface area contributed by atoms with Crippen molar-refractivity contribution in [3.63, 3.8) is 0 Å². The molecule has 1 heterocycles. The van der Waals surface area contributed by atoms with Crippen LogP contribution >= 0.6 is 11.6 Å². The fraction of sp³-hybridized carbons (Fsp3) is 0.0625. The van der Waals surface area contributed by atoms with Crippen molar-refractivity contribution in [3.8, 4) is 5.69 Å². The predicted molar refractivity (Wildman–Crippen MR) is 81.2 cm³/mol. The Hall–Kier alpha value is -2.26. The second kappa shape index (κ2) is 5.02. The van der Waals surface area contributed by atoms with E-state index < -0.39 is 0 Å². The lowest BCUT2D eigenvalue weighted by Crippen LogP contribution is -2.13. The molecule has 1 aromatic heterocycles. The molecular formula is C16H13ClN2O. The molecule has 4 heteroatoms. The molecule has 2 N–H and O–H groups in total. The van der Waals surface area contributed by atoms with Crippen molar-refractivity contribution in [2.45, 2.75) is 6.42 Å². The molecule has 3 aromatic rings. The van der Waals surface area contributed by atoms with E-state index in [9.17, 15) is 4.79 Å². The summed E-state index contributed by atoms with van der Waals surface area (Å²) in [5.74, 6) is -0.386. The molecule has 1 amide bonds. The second-order valence-corrected chi connectivity index (χ2v) is 4.96. The molecule has 0 saturated heterocycles. The molecule has 0 aliphatic carbocycles. The van der Waals surface area contributed by atoms with Gasteiger partial charge in [-0.3, -0.25) is 9.36 Å². The van der Waals surface area contributed by atoms with Gasteiger partial charge < -0.3 is 5.73 Å². The van der Waals surface area contributed by atoms with Gasteiger partial charge in [-0.25, -0.2) is 0 Å². The zero-order valence-electron chi connectivity index (χ0n) is 10.7. The maximum Gasteiger partial charge on any atom is 0.221 e. The Bertz CT molecular complexity index is 778. The molecule has 0 unspecified atom stereocenters. The fourth-order valence-corrected chi connectivity index (χ4v) is 2.80. The van der Waals surface area contributed by atoms with Crippen LogP contribution in [0.1, 0.15) is 5.56 Å². The van der Waals surface area contributed by atoms with Crippen molar-refractivity contribution >= 4 is 28.4 Å². The summed E-state index contributed by atoms with van der Waals surface area (Å²) in [5, 5.41) is 1.50. The lowest BCUT2D eigenvalue weighted by Gasteiger charge is -2.06. The summed E-state index contributed by atoms with van der Waals surface area (Å²) in [6.07, 6.45) is 0.138. The minimum absolute atomic E-state index is 0.138. The van der Waals surface area contributed by atoms with Crippen LogP contribution in [0.15, 0.2) is 54.6 Å². The highest BCUT2D eigenvalue weighted by molar-refractivity contribution is 6.32. The molecule has 0 radical (unpaired) electrons. The second-order valence-electron chi connectivity index (χ2n) is 4.60. The maximum atomic E-state index is 11.3. The maximum absolute atomic E-state index is 11.3. The fourth-order valence-electron chi connectivity index (χ4n) is 2.45. The number of nitrogens with two attached hydrogens (primary N) is 1. The van der Waals surface area contributed by atoms with E-state index in [1.165, 1.54) is 0 Å². The van der Waals surface area contributed by atoms with Crippen molar-refractivity contribution in [2.24, 2.45) is 5.73 Å². The molecule has 20 heavy (non-hydrogen) atoms. The number of nitrogens with zero attached hydrogens (tertiary/aromatic N) is 1. The first-order valence-corrected chi connectivity index (χ1v) is 6.68. The third-order valence-corrected chi connectivity index (χ3v) is 3.68. The van der Waals surface area contributed by atoms with Crippen LogP contribution in [0.25, 0.3) is 16.6 Å². The number of carbonyl (C=O) groups excluding carboxylic acids is 1. The summed E-state index contributed by atoms with van der Waals surface area (Å²) >= 11 is 6.49. The van der Waals surface area contributed by atoms with E-state index in [1.54, 1.807) is 0 Å². The summed E-state index contributed by atoms with van der Waals surface area (Å²) < 4.78 is 1.94. The standard InChI is InChI=1S/C16H13ClN2O/c17-16-13(10-15(18)20)12-8-4-5-9-14(12)19(16)11-6-2-1-3-7-11/h1-9H,10H2,(H2,18,20). The average molecular weight is 285 g/mol. The molecule has 0 atom stereocenters. The summed E-state index contributed by atoms with van der Waals surface area (Å²) in [5.41, 5.74) is 8.04. The number of hydrogen-bond donors (Lipinski definition) is 1. The van der Waals surface area contributed by atoms with Crippen LogP contribution in [0.3, 0.4) is 0 Å². The molecule has 100 valence electrons. The smallest absolute Gasteiger partial charge is 0.221 e. The zero-order chi connectivity index (χ0) is 14.1. The number of carbonyl (C=O) groups is 1. The van der Waals surface area contributed by atoms with E-state index in [0.717, 1.165) is 22.2 Å². The van der Waals surface area contributed by atoms with Gasteiger partial charge in [0.1, 0.15) is 5.15 Å². The van der Waals surface area contributed by atoms with Crippen LogP contribution in [-0.4, -0.2) is 10.5 Å². The lowest BCUT2D eigenvalue weighted by molar-refractivity contribution is -0.117. The third kappa shape index (κ3) is 2.06. The number of rotatable bonds is 3. The molecule has 0 fully saturated rings. The van der Waals surface area contributed by atoms with Crippen LogP contribution in [0.2, 0.25) is 5.15 Å². The first-order valence-electron chi connectivity index (χ1n) is 6.30. The minimum atomic E-state index is -0.386. The van der Waals surface area contributed by atoms with Crippen LogP contribution in [0.4, 0.5) is 0 Å². The summed E-state index contributed by atoms with van der Waals surface area (Å²) in [6.45, 7) is 0. The van der Waals surface area contributed by atoms with E-state index in [1.807, 2.05) is 59.2 Å². The number of para-hydroxylation sites is 2. The van der Waals surface area contributed by atoms with Gasteiger partial charge in [0.25, 0.3) is 0 Å². The largest absolute Gasteiger partial charge is 0.369 e. The summed E-state index contributed by atoms with van der Waals surface area (Å²) in [6, 6.07) is 17.6. The van der Waals surface area contributed by atoms with Crippen molar-refractivity contribution in [2.75, 3.05) is 0 Å². The third-order valence-electron chi connectivity index (χ3n) is 3.28. The molecule has 0 aliphatic rings. The number of hydrogen-bond acceptors (Lipinski definition) is 1. The Balaban J connectivity index is 2.32. The van der Waals surface area contributed by atoms with Crippen LogP contribution in [-0.2, 0) is 11.2 Å². The topological polar surface area (TPSA) is 48.0 Å². The monoisotopic (exact) mass is 284 g/mol. The Kier molecular flexibility index (Phi) is 3.20. The van der Waals surface area contributed by atoms with Gasteiger partial charge in [0.15, 0.2) is 0 Å². The van der Waals surface area contributed by atoms with Gasteiger partial charge in [-0.15, -0.1) is 0 Å². The molecule has 0 spiro atoms. The number of primary amides is 1. The van der Waals surface area contributed by atoms with Crippen molar-refractivity contribution < 1.29 is 4.79 Å². The van der Waals surface area contributed by atoms with Gasteiger partial charge in [0.05, 0.1) is 11.9 Å². The van der Waals surface area contributed by atoms with E-state index in [-0.39, 0.29) is 12.3 Å².